The molecule has 0 aromatic heterocycles. The van der Waals surface area contributed by atoms with Crippen LogP contribution in [0, 0.1) is 0 Å². The van der Waals surface area contributed by atoms with Crippen molar-refractivity contribution in [1.29, 1.82) is 0 Å². The second-order valence-corrected chi connectivity index (χ2v) is 14.2. The lowest BCUT2D eigenvalue weighted by Crippen LogP contribution is -2.68. The van der Waals surface area contributed by atoms with Crippen LogP contribution < -0.4 is 0 Å². The predicted molar refractivity (Wildman–Crippen MR) is 217 cm³/mol. The minimum Gasteiger partial charge on any atom is -0.467 e. The van der Waals surface area contributed by atoms with Gasteiger partial charge in [-0.15, -0.1) is 13.2 Å². The first-order chi connectivity index (χ1) is 30.3. The number of fused-ring (bicyclic) bond motifs is 1. The molecule has 3 saturated heterocycles. The zero-order valence-corrected chi connectivity index (χ0v) is 33.7. The molecule has 62 heavy (non-hydrogen) atoms. The number of hydrogen-bond donors (Lipinski definition) is 0. The fourth-order valence-corrected chi connectivity index (χ4v) is 7.20. The molecule has 3 aliphatic rings. The first-order valence-corrected chi connectivity index (χ1v) is 19.9. The van der Waals surface area contributed by atoms with Crippen LogP contribution in [0.2, 0.25) is 0 Å². The number of carbonyl (C=O) groups excluding carboxylic acids is 4. The largest absolute Gasteiger partial charge is 0.467 e. The number of rotatable bonds is 16. The normalized spacial score (nSPS) is 28.0. The Labute approximate surface area is 357 Å². The van der Waals surface area contributed by atoms with Crippen molar-refractivity contribution in [1.82, 2.24) is 0 Å². The van der Waals surface area contributed by atoms with Crippen molar-refractivity contribution >= 4 is 23.9 Å². The highest BCUT2D eigenvalue weighted by atomic mass is 16.8. The first-order valence-electron chi connectivity index (χ1n) is 19.9. The Balaban J connectivity index is 1.31. The van der Waals surface area contributed by atoms with E-state index in [0.717, 1.165) is 12.7 Å². The van der Waals surface area contributed by atoms with Gasteiger partial charge in [0.15, 0.2) is 43.3 Å². The summed E-state index contributed by atoms with van der Waals surface area (Å²) in [5.41, 5.74) is 1.19. The summed E-state index contributed by atoms with van der Waals surface area (Å²) in [6.07, 6.45) is -12.1. The summed E-state index contributed by atoms with van der Waals surface area (Å²) < 4.78 is 68.0. The average molecular weight is 851 g/mol. The van der Waals surface area contributed by atoms with Gasteiger partial charge in [-0.25, -0.2) is 19.2 Å². The molecule has 0 saturated carbocycles. The SMILES string of the molecule is C=CCO[C@@H]1O[C@H](C(=O)OC)[C@@H](O[C@H]2O[C@@H]3COC(c4ccccc4)O[C@@H]3[C@H](OCC=C)[C@H]2OC(=O)c2ccccc2)[C@H](OC(=O)c2ccccc2)[C@H]1OC(=O)c1ccccc1. The van der Waals surface area contributed by atoms with Gasteiger partial charge in [-0.1, -0.05) is 97.1 Å². The van der Waals surface area contributed by atoms with Gasteiger partial charge in [-0.3, -0.25) is 0 Å². The molecule has 0 amide bonds. The van der Waals surface area contributed by atoms with Crippen molar-refractivity contribution in [2.75, 3.05) is 26.9 Å². The van der Waals surface area contributed by atoms with E-state index in [2.05, 4.69) is 13.2 Å². The lowest BCUT2D eigenvalue weighted by atomic mass is 9.95. The van der Waals surface area contributed by atoms with Crippen molar-refractivity contribution in [2.45, 2.75) is 67.7 Å². The summed E-state index contributed by atoms with van der Waals surface area (Å²) >= 11 is 0. The van der Waals surface area contributed by atoms with Crippen LogP contribution in [0.3, 0.4) is 0 Å². The summed E-state index contributed by atoms with van der Waals surface area (Å²) in [5.74, 6) is -3.45. The fraction of sp³-hybridized carbons (Fsp3) is 0.319. The Kier molecular flexibility index (Phi) is 15.0. The zero-order chi connectivity index (χ0) is 43.4. The molecule has 0 spiro atoms. The van der Waals surface area contributed by atoms with Crippen LogP contribution in [-0.2, 0) is 56.9 Å². The van der Waals surface area contributed by atoms with Crippen LogP contribution in [-0.4, -0.2) is 112 Å². The lowest BCUT2D eigenvalue weighted by Gasteiger charge is -2.50. The molecule has 324 valence electrons. The Bertz CT molecular complexity index is 2120. The van der Waals surface area contributed by atoms with Crippen LogP contribution in [0.25, 0.3) is 0 Å². The van der Waals surface area contributed by atoms with Gasteiger partial charge in [0.05, 0.1) is 43.6 Å². The first kappa shape index (κ1) is 44.0. The van der Waals surface area contributed by atoms with E-state index < -0.39 is 91.6 Å². The Hall–Kier alpha value is -6.04. The predicted octanol–water partition coefficient (Wildman–Crippen LogP) is 5.56. The van der Waals surface area contributed by atoms with Gasteiger partial charge < -0.3 is 52.1 Å². The molecule has 4 aromatic rings. The van der Waals surface area contributed by atoms with Crippen LogP contribution in [0.4, 0.5) is 0 Å². The van der Waals surface area contributed by atoms with E-state index in [1.165, 1.54) is 36.4 Å². The van der Waals surface area contributed by atoms with E-state index in [1.54, 1.807) is 66.7 Å². The summed E-state index contributed by atoms with van der Waals surface area (Å²) in [5, 5.41) is 0. The Morgan fingerprint density at radius 2 is 1.06 bits per heavy atom. The highest BCUT2D eigenvalue weighted by molar-refractivity contribution is 5.91. The van der Waals surface area contributed by atoms with E-state index in [0.29, 0.717) is 0 Å². The summed E-state index contributed by atoms with van der Waals surface area (Å²) in [7, 11) is 1.13. The molecule has 1 unspecified atom stereocenters. The third kappa shape index (κ3) is 10.3. The van der Waals surface area contributed by atoms with Crippen molar-refractivity contribution in [2.24, 2.45) is 0 Å². The minimum atomic E-state index is -1.73. The van der Waals surface area contributed by atoms with E-state index in [1.807, 2.05) is 30.3 Å². The number of benzene rings is 4. The van der Waals surface area contributed by atoms with Crippen molar-refractivity contribution in [3.05, 3.63) is 169 Å². The number of esters is 4. The van der Waals surface area contributed by atoms with Gasteiger partial charge in [-0.2, -0.15) is 0 Å². The molecule has 4 aromatic carbocycles. The molecule has 3 heterocycles. The molecule has 0 N–H and O–H groups in total. The van der Waals surface area contributed by atoms with Crippen molar-refractivity contribution in [3.8, 4) is 0 Å². The summed E-state index contributed by atoms with van der Waals surface area (Å²) in [6, 6.07) is 33.5. The second kappa shape index (κ2) is 21.2. The van der Waals surface area contributed by atoms with E-state index in [4.69, 9.17) is 52.1 Å². The maximum atomic E-state index is 14.0. The highest BCUT2D eigenvalue weighted by Crippen LogP contribution is 2.39. The Morgan fingerprint density at radius 1 is 0.581 bits per heavy atom. The van der Waals surface area contributed by atoms with Crippen molar-refractivity contribution in [3.63, 3.8) is 0 Å². The molecule has 3 fully saturated rings. The van der Waals surface area contributed by atoms with Crippen molar-refractivity contribution < 1.29 is 71.3 Å². The van der Waals surface area contributed by atoms with E-state index >= 15 is 0 Å². The number of methoxy groups -OCH3 is 1. The molecule has 0 radical (unpaired) electrons. The topological polar surface area (TPSA) is 170 Å². The quantitative estimate of drug-likeness (QED) is 0.0780. The van der Waals surface area contributed by atoms with Crippen LogP contribution in [0.5, 0.6) is 0 Å². The Morgan fingerprint density at radius 3 is 1.58 bits per heavy atom. The molecule has 15 heteroatoms. The van der Waals surface area contributed by atoms with Gasteiger partial charge in [0.25, 0.3) is 0 Å². The number of carbonyl (C=O) groups is 4. The van der Waals surface area contributed by atoms with Gasteiger partial charge in [0, 0.05) is 5.56 Å². The average Bonchev–Trinajstić information content (AvgIpc) is 3.32. The van der Waals surface area contributed by atoms with Gasteiger partial charge in [0.1, 0.15) is 24.4 Å². The third-order valence-corrected chi connectivity index (χ3v) is 10.1. The molecule has 0 aliphatic carbocycles. The summed E-state index contributed by atoms with van der Waals surface area (Å²) in [4.78, 5) is 55.5. The molecular weight excluding hydrogens is 805 g/mol. The van der Waals surface area contributed by atoms with E-state index in [9.17, 15) is 19.2 Å². The molecular formula is C47H46O15. The fourth-order valence-electron chi connectivity index (χ4n) is 7.20. The van der Waals surface area contributed by atoms with Crippen LogP contribution in [0.1, 0.15) is 42.9 Å². The third-order valence-electron chi connectivity index (χ3n) is 10.1. The summed E-state index contributed by atoms with van der Waals surface area (Å²) in [6.45, 7) is 7.31. The second-order valence-electron chi connectivity index (χ2n) is 14.2. The standard InChI is InChI=1S/C47H46O15/c1-4-26-53-35-34-33(28-55-45(60-34)32-24-16-9-17-25-32)56-47(39(35)58-42(49)30-20-12-7-13-21-30)61-36-37(57-41(48)29-18-10-6-11-19-29)40(59-43(50)31-22-14-8-15-23-31)46(54-27-5-2)62-38(36)44(51)52-3/h4-25,33-40,45-47H,1-2,26-28H2,3H3/t33-,34+,35+,36+,37+,38+,39-,40-,45?,46-,47-/m1/s1. The number of hydrogen-bond acceptors (Lipinski definition) is 15. The molecule has 7 rings (SSSR count). The van der Waals surface area contributed by atoms with Gasteiger partial charge in [0.2, 0.25) is 0 Å². The monoisotopic (exact) mass is 850 g/mol. The van der Waals surface area contributed by atoms with Gasteiger partial charge >= 0.3 is 23.9 Å². The van der Waals surface area contributed by atoms with Crippen LogP contribution >= 0.6 is 0 Å². The molecule has 3 aliphatic heterocycles. The zero-order valence-electron chi connectivity index (χ0n) is 33.7. The lowest BCUT2D eigenvalue weighted by molar-refractivity contribution is -0.384. The maximum absolute atomic E-state index is 14.0. The number of ether oxygens (including phenoxy) is 11. The molecule has 0 bridgehead atoms. The van der Waals surface area contributed by atoms with E-state index in [-0.39, 0.29) is 36.5 Å². The molecule has 11 atom stereocenters. The highest BCUT2D eigenvalue weighted by Gasteiger charge is 2.59. The van der Waals surface area contributed by atoms with Gasteiger partial charge in [-0.05, 0) is 36.4 Å². The smallest absolute Gasteiger partial charge is 0.338 e. The maximum Gasteiger partial charge on any atom is 0.338 e. The van der Waals surface area contributed by atoms with Crippen LogP contribution in [0.15, 0.2) is 147 Å². The molecule has 15 nitrogen and oxygen atoms in total. The minimum absolute atomic E-state index is 0.0192.